The quantitative estimate of drug-likeness (QED) is 0.634. The van der Waals surface area contributed by atoms with E-state index in [1.807, 2.05) is 62.4 Å². The second-order valence-electron chi connectivity index (χ2n) is 4.14. The molecular weight excluding hydrogens is 391 g/mol. The van der Waals surface area contributed by atoms with Crippen LogP contribution >= 0.6 is 0 Å². The van der Waals surface area contributed by atoms with E-state index in [9.17, 15) is 0 Å². The van der Waals surface area contributed by atoms with Gasteiger partial charge in [0.15, 0.2) is 0 Å². The number of rotatable bonds is 3. The molecule has 0 saturated heterocycles. The molecule has 0 saturated carbocycles. The van der Waals surface area contributed by atoms with Crippen LogP contribution in [0.3, 0.4) is 0 Å². The van der Waals surface area contributed by atoms with Gasteiger partial charge < -0.3 is 15.5 Å². The molecule has 129 valence electrons. The predicted octanol–water partition coefficient (Wildman–Crippen LogP) is 4.09. The Morgan fingerprint density at radius 2 is 1.58 bits per heavy atom. The molecule has 0 atom stereocenters. The molecule has 24 heavy (non-hydrogen) atoms. The van der Waals surface area contributed by atoms with Crippen molar-refractivity contribution in [2.24, 2.45) is 0 Å². The van der Waals surface area contributed by atoms with E-state index in [1.54, 1.807) is 6.20 Å². The Kier molecular flexibility index (Phi) is 11.6. The Morgan fingerprint density at radius 1 is 0.917 bits per heavy atom. The zero-order chi connectivity index (χ0) is 17.1. The van der Waals surface area contributed by atoms with E-state index in [0.717, 1.165) is 29.5 Å². The Bertz CT molecular complexity index is 709. The normalized spacial score (nSPS) is 8.88. The van der Waals surface area contributed by atoms with E-state index in [-0.39, 0.29) is 26.1 Å². The van der Waals surface area contributed by atoms with Crippen molar-refractivity contribution in [1.29, 1.82) is 0 Å². The molecule has 1 radical (unpaired) electrons. The summed E-state index contributed by atoms with van der Waals surface area (Å²) in [6.07, 6.45) is 1.58. The van der Waals surface area contributed by atoms with Crippen molar-refractivity contribution in [2.75, 3.05) is 7.11 Å². The zero-order valence-electron chi connectivity index (χ0n) is 14.0. The van der Waals surface area contributed by atoms with Gasteiger partial charge in [0.05, 0.1) is 29.5 Å². The molecule has 0 unspecified atom stereocenters. The Hall–Kier alpha value is -1.88. The fourth-order valence-corrected chi connectivity index (χ4v) is 1.84. The second kappa shape index (κ2) is 12.5. The van der Waals surface area contributed by atoms with Gasteiger partial charge in [0, 0.05) is 7.11 Å². The van der Waals surface area contributed by atoms with Crippen LogP contribution in [0.2, 0.25) is 0 Å². The van der Waals surface area contributed by atoms with Gasteiger partial charge in [-0.3, -0.25) is 4.98 Å². The molecule has 1 aromatic heterocycles. The van der Waals surface area contributed by atoms with Crippen molar-refractivity contribution in [3.05, 3.63) is 65.7 Å². The molecule has 0 spiro atoms. The van der Waals surface area contributed by atoms with Gasteiger partial charge in [-0.15, -0.1) is 11.4 Å². The van der Waals surface area contributed by atoms with Crippen molar-refractivity contribution < 1.29 is 29.7 Å². The molecule has 0 aliphatic rings. The second-order valence-corrected chi connectivity index (χ2v) is 4.14. The van der Waals surface area contributed by atoms with Gasteiger partial charge in [-0.1, -0.05) is 50.2 Å². The molecule has 2 N–H and O–H groups in total. The molecule has 0 amide bonds. The van der Waals surface area contributed by atoms with E-state index in [2.05, 4.69) is 15.3 Å². The first-order chi connectivity index (χ1) is 11.3. The molecule has 0 fully saturated rings. The molecular formula is C18H22N3O2Ru. The topological polar surface area (TPSA) is 80.3 Å². The molecule has 0 aliphatic heterocycles. The van der Waals surface area contributed by atoms with Gasteiger partial charge >= 0.3 is 19.5 Å². The van der Waals surface area contributed by atoms with Crippen LogP contribution < -0.4 is 0 Å². The van der Waals surface area contributed by atoms with Crippen LogP contribution in [0.1, 0.15) is 19.5 Å². The SMILES string of the molecule is CC.CO.OCc1cnc2ccc([N-]c3ccccc3)cc2n1.[Ru+]. The first-order valence-corrected chi connectivity index (χ1v) is 7.43. The predicted molar refractivity (Wildman–Crippen MR) is 94.1 cm³/mol. The summed E-state index contributed by atoms with van der Waals surface area (Å²) in [6.45, 7) is 3.89. The Balaban J connectivity index is 0.000000987. The van der Waals surface area contributed by atoms with Crippen molar-refractivity contribution in [2.45, 2.75) is 20.5 Å². The number of para-hydroxylation sites is 1. The number of aliphatic hydroxyl groups excluding tert-OH is 2. The molecule has 6 heteroatoms. The maximum atomic E-state index is 9.08. The fraction of sp³-hybridized carbons (Fsp3) is 0.222. The molecule has 0 aliphatic carbocycles. The maximum absolute atomic E-state index is 9.08. The van der Waals surface area contributed by atoms with Gasteiger partial charge in [-0.25, -0.2) is 4.98 Å². The third kappa shape index (κ3) is 6.32. The van der Waals surface area contributed by atoms with Crippen LogP contribution in [-0.2, 0) is 26.1 Å². The van der Waals surface area contributed by atoms with E-state index in [1.165, 1.54) is 0 Å². The summed E-state index contributed by atoms with van der Waals surface area (Å²) in [5.74, 6) is 0. The molecule has 2 aromatic carbocycles. The third-order valence-corrected chi connectivity index (χ3v) is 2.75. The number of aromatic nitrogens is 2. The summed E-state index contributed by atoms with van der Waals surface area (Å²) in [5, 5.41) is 20.6. The van der Waals surface area contributed by atoms with Crippen molar-refractivity contribution >= 4 is 22.4 Å². The average Bonchev–Trinajstić information content (AvgIpc) is 2.65. The van der Waals surface area contributed by atoms with Crippen LogP contribution in [0.25, 0.3) is 16.4 Å². The first kappa shape index (κ1) is 22.1. The van der Waals surface area contributed by atoms with Crippen molar-refractivity contribution in [3.8, 4) is 0 Å². The first-order valence-electron chi connectivity index (χ1n) is 7.43. The van der Waals surface area contributed by atoms with Crippen molar-refractivity contribution in [3.63, 3.8) is 0 Å². The van der Waals surface area contributed by atoms with Crippen LogP contribution in [0.5, 0.6) is 0 Å². The molecule has 3 aromatic rings. The van der Waals surface area contributed by atoms with Gasteiger partial charge in [-0.2, -0.15) is 0 Å². The Morgan fingerprint density at radius 3 is 2.21 bits per heavy atom. The Labute approximate surface area is 155 Å². The van der Waals surface area contributed by atoms with Gasteiger partial charge in [-0.05, 0) is 12.1 Å². The largest absolute Gasteiger partial charge is 1.00 e. The number of nitrogens with zero attached hydrogens (tertiary/aromatic N) is 3. The molecule has 5 nitrogen and oxygen atoms in total. The molecule has 1 heterocycles. The summed E-state index contributed by atoms with van der Waals surface area (Å²) >= 11 is 0. The number of hydrogen-bond acceptors (Lipinski definition) is 4. The zero-order valence-corrected chi connectivity index (χ0v) is 15.7. The average molecular weight is 413 g/mol. The minimum absolute atomic E-state index is 0. The van der Waals surface area contributed by atoms with E-state index >= 15 is 0 Å². The van der Waals surface area contributed by atoms with Gasteiger partial charge in [0.2, 0.25) is 0 Å². The van der Waals surface area contributed by atoms with Gasteiger partial charge in [0.1, 0.15) is 0 Å². The fourth-order valence-electron chi connectivity index (χ4n) is 1.84. The summed E-state index contributed by atoms with van der Waals surface area (Å²) < 4.78 is 0. The van der Waals surface area contributed by atoms with Crippen LogP contribution in [0.4, 0.5) is 11.4 Å². The summed E-state index contributed by atoms with van der Waals surface area (Å²) in [5.41, 5.74) is 3.81. The van der Waals surface area contributed by atoms with E-state index < -0.39 is 0 Å². The summed E-state index contributed by atoms with van der Waals surface area (Å²) in [6, 6.07) is 15.4. The van der Waals surface area contributed by atoms with Crippen LogP contribution in [0, 0.1) is 0 Å². The summed E-state index contributed by atoms with van der Waals surface area (Å²) in [7, 11) is 1.00. The minimum Gasteiger partial charge on any atom is -0.658 e. The number of aliphatic hydroxyl groups is 2. The molecule has 3 rings (SSSR count). The monoisotopic (exact) mass is 414 g/mol. The van der Waals surface area contributed by atoms with Crippen LogP contribution in [-0.4, -0.2) is 27.3 Å². The number of benzene rings is 2. The smallest absolute Gasteiger partial charge is 0.658 e. The third-order valence-electron chi connectivity index (χ3n) is 2.75. The molecule has 0 bridgehead atoms. The summed E-state index contributed by atoms with van der Waals surface area (Å²) in [4.78, 5) is 8.56. The standard InChI is InChI=1S/C15H12N3O.C2H6.CH4O.Ru/c19-10-13-9-16-14-7-6-12(8-15(14)18-13)17-11-4-2-1-3-5-11;2*1-2;/h1-9,19H,10H2;1-2H3;2H,1H3;/q-1;;;+1. The minimum atomic E-state index is -0.108. The number of fused-ring (bicyclic) bond motifs is 1. The van der Waals surface area contributed by atoms with Crippen LogP contribution in [0.15, 0.2) is 54.7 Å². The van der Waals surface area contributed by atoms with E-state index in [0.29, 0.717) is 5.69 Å². The number of hydrogen-bond donors (Lipinski definition) is 2. The van der Waals surface area contributed by atoms with Gasteiger partial charge in [0.25, 0.3) is 0 Å². The maximum Gasteiger partial charge on any atom is 1.00 e. The van der Waals surface area contributed by atoms with Crippen molar-refractivity contribution in [1.82, 2.24) is 9.97 Å². The van der Waals surface area contributed by atoms with E-state index in [4.69, 9.17) is 10.2 Å².